The fourth-order valence-corrected chi connectivity index (χ4v) is 15.3. The average molecular weight is 1070 g/mol. The molecule has 0 saturated carbocycles. The lowest BCUT2D eigenvalue weighted by Crippen LogP contribution is -2.62. The molecule has 6 heteroatoms. The molecular formula is C75H73BN4S. The van der Waals surface area contributed by atoms with E-state index in [4.69, 9.17) is 0 Å². The van der Waals surface area contributed by atoms with Gasteiger partial charge in [0.2, 0.25) is 0 Å². The van der Waals surface area contributed by atoms with Crippen LogP contribution in [-0.4, -0.2) is 15.8 Å². The van der Waals surface area contributed by atoms with Crippen LogP contribution in [0.4, 0.5) is 34.1 Å². The number of thiophene rings is 1. The molecular weight excluding hydrogens is 1000 g/mol. The summed E-state index contributed by atoms with van der Waals surface area (Å²) in [6.07, 6.45) is 0. The van der Waals surface area contributed by atoms with Crippen molar-refractivity contribution in [3.63, 3.8) is 0 Å². The van der Waals surface area contributed by atoms with Crippen molar-refractivity contribution < 1.29 is 0 Å². The van der Waals surface area contributed by atoms with Gasteiger partial charge in [0, 0.05) is 59.8 Å². The van der Waals surface area contributed by atoms with Crippen LogP contribution in [0.3, 0.4) is 0 Å². The van der Waals surface area contributed by atoms with E-state index in [9.17, 15) is 0 Å². The number of fused-ring (bicyclic) bond motifs is 15. The van der Waals surface area contributed by atoms with Gasteiger partial charge in [0.15, 0.2) is 0 Å². The summed E-state index contributed by atoms with van der Waals surface area (Å²) in [6.45, 7) is 37.6. The maximum atomic E-state index is 2.72. The maximum absolute atomic E-state index is 2.72. The normalized spacial score (nSPS) is 14.3. The molecule has 9 aromatic carbocycles. The molecule has 0 N–H and O–H groups in total. The van der Waals surface area contributed by atoms with Crippen molar-refractivity contribution in [1.82, 2.24) is 9.13 Å². The standard InChI is InChI=1S/C75H73BN4S/c1-42-32-62-67-63(33-42)80-64-39-46(74(11,12)13)37-54-53-36-45(73(8,9)10)26-31-59(53)79(68(54)64)65-40-47(75(14,15)16)38-56(69(65)80)76(67)55-28-27-48(41-61(55)78(62)60-22-19-21-50-49-20-17-18-23-66(49)81-70(50)60)77-57-29-24-43(71(2,3)4)34-51(57)52-35-44(72(5,6)7)25-30-58(52)77/h17-41H,1-16H3. The number of nitrogens with zero attached hydrogens (tertiary/aromatic N) is 4. The van der Waals surface area contributed by atoms with Crippen molar-refractivity contribution in [3.05, 3.63) is 185 Å². The van der Waals surface area contributed by atoms with Crippen LogP contribution in [0.15, 0.2) is 152 Å². The lowest BCUT2D eigenvalue weighted by Gasteiger charge is -2.47. The Labute approximate surface area is 482 Å². The van der Waals surface area contributed by atoms with Gasteiger partial charge in [0.05, 0.1) is 49.5 Å². The Morgan fingerprint density at radius 1 is 0.358 bits per heavy atom. The highest BCUT2D eigenvalue weighted by molar-refractivity contribution is 7.26. The average Bonchev–Trinajstić information content (AvgIpc) is 4.17. The molecule has 0 aliphatic carbocycles. The molecule has 81 heavy (non-hydrogen) atoms. The Morgan fingerprint density at radius 3 is 1.48 bits per heavy atom. The quantitative estimate of drug-likeness (QED) is 0.160. The number of hydrogen-bond donors (Lipinski definition) is 0. The van der Waals surface area contributed by atoms with Crippen molar-refractivity contribution >= 4 is 132 Å². The predicted molar refractivity (Wildman–Crippen MR) is 354 cm³/mol. The van der Waals surface area contributed by atoms with E-state index < -0.39 is 0 Å². The Bertz CT molecular complexity index is 4680. The van der Waals surface area contributed by atoms with Gasteiger partial charge in [-0.1, -0.05) is 165 Å². The minimum absolute atomic E-state index is 0.000815. The van der Waals surface area contributed by atoms with Crippen molar-refractivity contribution in [2.75, 3.05) is 9.80 Å². The first-order valence-corrected chi connectivity index (χ1v) is 30.3. The molecule has 0 radical (unpaired) electrons. The SMILES string of the molecule is Cc1cc2c3c(c1)N1c4c(cc(C(C)(C)C)cc4-n4c5ccc(C(C)(C)C)cc5c5cc(C(C)(C)C)cc1c54)B3c1ccc(-n3c4ccc(C(C)(C)C)cc4c4cc(C(C)(C)C)ccc43)cc1N2c1cccc2c1sc1ccccc12. The molecule has 6 heterocycles. The predicted octanol–water partition coefficient (Wildman–Crippen LogP) is 19.4. The molecule has 0 bridgehead atoms. The van der Waals surface area contributed by atoms with Gasteiger partial charge in [-0.05, 0) is 175 Å². The van der Waals surface area contributed by atoms with E-state index in [0.717, 1.165) is 5.69 Å². The van der Waals surface area contributed by atoms with Crippen LogP contribution in [0.1, 0.15) is 137 Å². The van der Waals surface area contributed by atoms with E-state index in [1.807, 2.05) is 11.3 Å². The van der Waals surface area contributed by atoms with Crippen LogP contribution >= 0.6 is 11.3 Å². The number of rotatable bonds is 2. The van der Waals surface area contributed by atoms with Crippen molar-refractivity contribution in [2.45, 2.75) is 138 Å². The summed E-state index contributed by atoms with van der Waals surface area (Å²) in [5.74, 6) is 0. The van der Waals surface area contributed by atoms with Gasteiger partial charge in [-0.25, -0.2) is 0 Å². The van der Waals surface area contributed by atoms with Crippen LogP contribution in [0.2, 0.25) is 0 Å². The minimum Gasteiger partial charge on any atom is -0.310 e. The van der Waals surface area contributed by atoms with E-state index in [0.29, 0.717) is 0 Å². The summed E-state index contributed by atoms with van der Waals surface area (Å²) in [5, 5.41) is 7.84. The summed E-state index contributed by atoms with van der Waals surface area (Å²) in [4.78, 5) is 5.39. The first kappa shape index (κ1) is 50.4. The van der Waals surface area contributed by atoms with Gasteiger partial charge in [-0.2, -0.15) is 0 Å². The van der Waals surface area contributed by atoms with Gasteiger partial charge >= 0.3 is 0 Å². The maximum Gasteiger partial charge on any atom is 0.252 e. The molecule has 3 aromatic heterocycles. The first-order valence-electron chi connectivity index (χ1n) is 29.4. The topological polar surface area (TPSA) is 16.3 Å². The summed E-state index contributed by atoms with van der Waals surface area (Å²) in [6, 6.07) is 60.5. The number of hydrogen-bond acceptors (Lipinski definition) is 3. The summed E-state index contributed by atoms with van der Waals surface area (Å²) < 4.78 is 7.82. The Kier molecular flexibility index (Phi) is 10.2. The highest BCUT2D eigenvalue weighted by atomic mass is 32.1. The van der Waals surface area contributed by atoms with E-state index in [1.54, 1.807) is 0 Å². The molecule has 12 aromatic rings. The molecule has 402 valence electrons. The molecule has 0 amide bonds. The zero-order valence-corrected chi connectivity index (χ0v) is 51.0. The first-order chi connectivity index (χ1) is 38.2. The van der Waals surface area contributed by atoms with Crippen molar-refractivity contribution in [2.24, 2.45) is 0 Å². The van der Waals surface area contributed by atoms with E-state index in [1.165, 1.54) is 153 Å². The highest BCUT2D eigenvalue weighted by Crippen LogP contribution is 2.56. The van der Waals surface area contributed by atoms with E-state index in [-0.39, 0.29) is 33.8 Å². The second kappa shape index (κ2) is 16.3. The van der Waals surface area contributed by atoms with Crippen molar-refractivity contribution in [1.29, 1.82) is 0 Å². The summed E-state index contributed by atoms with van der Waals surface area (Å²) >= 11 is 1.92. The number of aromatic nitrogens is 2. The molecule has 3 aliphatic heterocycles. The molecule has 4 nitrogen and oxygen atoms in total. The molecule has 15 rings (SSSR count). The van der Waals surface area contributed by atoms with Crippen LogP contribution in [0, 0.1) is 6.92 Å². The second-order valence-corrected chi connectivity index (χ2v) is 30.3. The number of aryl methyl sites for hydroxylation is 1. The largest absolute Gasteiger partial charge is 0.310 e. The van der Waals surface area contributed by atoms with Gasteiger partial charge < -0.3 is 18.9 Å². The Morgan fingerprint density at radius 2 is 0.877 bits per heavy atom. The third-order valence-corrected chi connectivity index (χ3v) is 19.8. The molecule has 3 aliphatic rings. The molecule has 0 unspecified atom stereocenters. The van der Waals surface area contributed by atoms with Gasteiger partial charge in [0.1, 0.15) is 0 Å². The highest BCUT2D eigenvalue weighted by Gasteiger charge is 2.48. The van der Waals surface area contributed by atoms with Crippen LogP contribution < -0.4 is 26.2 Å². The third-order valence-electron chi connectivity index (χ3n) is 18.6. The van der Waals surface area contributed by atoms with Crippen LogP contribution in [-0.2, 0) is 27.1 Å². The van der Waals surface area contributed by atoms with Gasteiger partial charge in [-0.15, -0.1) is 11.3 Å². The van der Waals surface area contributed by atoms with Gasteiger partial charge in [-0.3, -0.25) is 0 Å². The Hall–Kier alpha value is -7.54. The monoisotopic (exact) mass is 1070 g/mol. The molecule has 0 spiro atoms. The van der Waals surface area contributed by atoms with Gasteiger partial charge in [0.25, 0.3) is 6.71 Å². The Balaban J connectivity index is 1.08. The number of anilines is 6. The lowest BCUT2D eigenvalue weighted by molar-refractivity contribution is 0.590. The zero-order valence-electron chi connectivity index (χ0n) is 50.2. The third kappa shape index (κ3) is 7.21. The molecule has 0 saturated heterocycles. The number of benzene rings is 9. The fourth-order valence-electron chi connectivity index (χ4n) is 14.1. The second-order valence-electron chi connectivity index (χ2n) is 29.3. The smallest absolute Gasteiger partial charge is 0.252 e. The van der Waals surface area contributed by atoms with Crippen molar-refractivity contribution in [3.8, 4) is 11.4 Å². The molecule has 0 fully saturated rings. The minimum atomic E-state index is -0.134. The molecule has 0 atom stereocenters. The van der Waals surface area contributed by atoms with E-state index >= 15 is 0 Å². The van der Waals surface area contributed by atoms with Crippen LogP contribution in [0.5, 0.6) is 0 Å². The lowest BCUT2D eigenvalue weighted by atomic mass is 9.33. The fraction of sp³-hybridized carbons (Fsp3) is 0.280. The summed E-state index contributed by atoms with van der Waals surface area (Å²) in [7, 11) is 0. The zero-order chi connectivity index (χ0) is 56.5. The van der Waals surface area contributed by atoms with Crippen LogP contribution in [0.25, 0.3) is 75.2 Å². The summed E-state index contributed by atoms with van der Waals surface area (Å²) in [5.41, 5.74) is 26.7. The van der Waals surface area contributed by atoms with E-state index in [2.05, 4.69) is 281 Å².